The molecule has 6 heteroatoms. The lowest BCUT2D eigenvalue weighted by Crippen LogP contribution is -2.52. The van der Waals surface area contributed by atoms with E-state index in [9.17, 15) is 9.59 Å². The summed E-state index contributed by atoms with van der Waals surface area (Å²) in [6.07, 6.45) is 0.884. The monoisotopic (exact) mass is 422 g/mol. The lowest BCUT2D eigenvalue weighted by Gasteiger charge is -2.35. The maximum Gasteiger partial charge on any atom is 0.238 e. The Labute approximate surface area is 185 Å². The van der Waals surface area contributed by atoms with Gasteiger partial charge in [-0.05, 0) is 43.1 Å². The van der Waals surface area contributed by atoms with Gasteiger partial charge in [0.1, 0.15) is 0 Å². The summed E-state index contributed by atoms with van der Waals surface area (Å²) < 4.78 is 0. The highest BCUT2D eigenvalue weighted by Gasteiger charge is 2.23. The quantitative estimate of drug-likeness (QED) is 0.711. The van der Waals surface area contributed by atoms with Gasteiger partial charge in [0.15, 0.2) is 0 Å². The van der Waals surface area contributed by atoms with Crippen LogP contribution in [0.2, 0.25) is 0 Å². The van der Waals surface area contributed by atoms with Crippen molar-refractivity contribution in [2.75, 3.05) is 51.6 Å². The molecule has 6 nitrogen and oxygen atoms in total. The standard InChI is InChI=1S/C25H34N4O2/c1-4-21-10-7-8-12-23(21)26-24(30)18-28-13-15-29(16-14-28)25(31)19-27(3)17-22-11-6-5-9-20(22)2/h5-12H,4,13-19H2,1-3H3,(H,26,30). The highest BCUT2D eigenvalue weighted by molar-refractivity contribution is 5.93. The number of para-hydroxylation sites is 1. The van der Waals surface area contributed by atoms with Crippen LogP contribution in [0.1, 0.15) is 23.6 Å². The van der Waals surface area contributed by atoms with E-state index in [2.05, 4.69) is 41.1 Å². The number of likely N-dealkylation sites (N-methyl/N-ethyl adjacent to an activating group) is 1. The number of anilines is 1. The maximum atomic E-state index is 12.7. The molecular formula is C25H34N4O2. The number of piperazine rings is 1. The number of hydrogen-bond donors (Lipinski definition) is 1. The minimum atomic E-state index is -0.00126. The smallest absolute Gasteiger partial charge is 0.238 e. The van der Waals surface area contributed by atoms with Crippen LogP contribution in [0.5, 0.6) is 0 Å². The average Bonchev–Trinajstić information content (AvgIpc) is 2.76. The van der Waals surface area contributed by atoms with E-state index in [0.717, 1.165) is 37.3 Å². The van der Waals surface area contributed by atoms with Gasteiger partial charge >= 0.3 is 0 Å². The van der Waals surface area contributed by atoms with Crippen LogP contribution in [0.3, 0.4) is 0 Å². The molecule has 31 heavy (non-hydrogen) atoms. The molecule has 0 spiro atoms. The van der Waals surface area contributed by atoms with Crippen molar-refractivity contribution in [3.63, 3.8) is 0 Å². The molecule has 2 aromatic carbocycles. The number of benzene rings is 2. The number of aryl methyl sites for hydroxylation is 2. The molecule has 1 saturated heterocycles. The summed E-state index contributed by atoms with van der Waals surface area (Å²) in [5, 5.41) is 3.03. The number of carbonyl (C=O) groups is 2. The van der Waals surface area contributed by atoms with Gasteiger partial charge in [-0.1, -0.05) is 49.4 Å². The van der Waals surface area contributed by atoms with Gasteiger partial charge < -0.3 is 10.2 Å². The Morgan fingerprint density at radius 2 is 1.61 bits per heavy atom. The Morgan fingerprint density at radius 1 is 0.968 bits per heavy atom. The molecule has 166 valence electrons. The van der Waals surface area contributed by atoms with Gasteiger partial charge in [-0.15, -0.1) is 0 Å². The fourth-order valence-electron chi connectivity index (χ4n) is 3.96. The minimum absolute atomic E-state index is 0.00126. The first-order valence-corrected chi connectivity index (χ1v) is 11.1. The summed E-state index contributed by atoms with van der Waals surface area (Å²) in [7, 11) is 1.99. The van der Waals surface area contributed by atoms with E-state index in [1.165, 1.54) is 11.1 Å². The van der Waals surface area contributed by atoms with Crippen LogP contribution in [-0.2, 0) is 22.6 Å². The van der Waals surface area contributed by atoms with Crippen molar-refractivity contribution in [2.24, 2.45) is 0 Å². The minimum Gasteiger partial charge on any atom is -0.339 e. The van der Waals surface area contributed by atoms with E-state index in [-0.39, 0.29) is 11.8 Å². The summed E-state index contributed by atoms with van der Waals surface area (Å²) in [4.78, 5) is 31.3. The zero-order chi connectivity index (χ0) is 22.2. The van der Waals surface area contributed by atoms with Crippen LogP contribution >= 0.6 is 0 Å². The summed E-state index contributed by atoms with van der Waals surface area (Å²) >= 11 is 0. The Bertz CT molecular complexity index is 891. The third-order valence-electron chi connectivity index (χ3n) is 5.87. The van der Waals surface area contributed by atoms with Gasteiger partial charge in [0.2, 0.25) is 11.8 Å². The van der Waals surface area contributed by atoms with Crippen LogP contribution < -0.4 is 5.32 Å². The summed E-state index contributed by atoms with van der Waals surface area (Å²) in [5.74, 6) is 0.149. The second-order valence-electron chi connectivity index (χ2n) is 8.31. The molecule has 0 radical (unpaired) electrons. The summed E-state index contributed by atoms with van der Waals surface area (Å²) in [6.45, 7) is 8.46. The van der Waals surface area contributed by atoms with E-state index in [1.807, 2.05) is 48.3 Å². The molecule has 3 rings (SSSR count). The molecular weight excluding hydrogens is 388 g/mol. The molecule has 2 amide bonds. The van der Waals surface area contributed by atoms with Crippen molar-refractivity contribution in [3.8, 4) is 0 Å². The molecule has 0 unspecified atom stereocenters. The Hall–Kier alpha value is -2.70. The molecule has 0 atom stereocenters. The number of hydrogen-bond acceptors (Lipinski definition) is 4. The van der Waals surface area contributed by atoms with E-state index >= 15 is 0 Å². The van der Waals surface area contributed by atoms with Crippen LogP contribution in [-0.4, -0.2) is 72.8 Å². The van der Waals surface area contributed by atoms with Crippen molar-refractivity contribution in [1.29, 1.82) is 0 Å². The van der Waals surface area contributed by atoms with E-state index in [4.69, 9.17) is 0 Å². The highest BCUT2D eigenvalue weighted by atomic mass is 16.2. The van der Waals surface area contributed by atoms with Crippen molar-refractivity contribution >= 4 is 17.5 Å². The number of amides is 2. The summed E-state index contributed by atoms with van der Waals surface area (Å²) in [5.41, 5.74) is 4.52. The van der Waals surface area contributed by atoms with Gasteiger partial charge in [0.25, 0.3) is 0 Å². The third kappa shape index (κ3) is 6.64. The fraction of sp³-hybridized carbons (Fsp3) is 0.440. The van der Waals surface area contributed by atoms with Crippen LogP contribution in [0.25, 0.3) is 0 Å². The number of rotatable bonds is 8. The van der Waals surface area contributed by atoms with Crippen LogP contribution in [0, 0.1) is 6.92 Å². The molecule has 1 aliphatic rings. The fourth-order valence-corrected chi connectivity index (χ4v) is 3.96. The molecule has 0 aliphatic carbocycles. The molecule has 0 aromatic heterocycles. The highest BCUT2D eigenvalue weighted by Crippen LogP contribution is 2.15. The number of carbonyl (C=O) groups excluding carboxylic acids is 2. The molecule has 1 fully saturated rings. The summed E-state index contributed by atoms with van der Waals surface area (Å²) in [6, 6.07) is 16.2. The first-order chi connectivity index (χ1) is 15.0. The van der Waals surface area contributed by atoms with Crippen molar-refractivity contribution in [1.82, 2.24) is 14.7 Å². The first-order valence-electron chi connectivity index (χ1n) is 11.1. The topological polar surface area (TPSA) is 55.9 Å². The third-order valence-corrected chi connectivity index (χ3v) is 5.87. The first kappa shape index (κ1) is 23.0. The molecule has 0 bridgehead atoms. The normalized spacial score (nSPS) is 14.6. The van der Waals surface area contributed by atoms with E-state index in [1.54, 1.807) is 0 Å². The van der Waals surface area contributed by atoms with Gasteiger partial charge in [-0.2, -0.15) is 0 Å². The maximum absolute atomic E-state index is 12.7. The zero-order valence-electron chi connectivity index (χ0n) is 18.9. The van der Waals surface area contributed by atoms with Gasteiger partial charge in [0.05, 0.1) is 13.1 Å². The van der Waals surface area contributed by atoms with E-state index in [0.29, 0.717) is 26.2 Å². The van der Waals surface area contributed by atoms with Gasteiger partial charge in [-0.25, -0.2) is 0 Å². The van der Waals surface area contributed by atoms with Gasteiger partial charge in [-0.3, -0.25) is 19.4 Å². The second kappa shape index (κ2) is 11.1. The van der Waals surface area contributed by atoms with Crippen LogP contribution in [0.15, 0.2) is 48.5 Å². The predicted molar refractivity (Wildman–Crippen MR) is 125 cm³/mol. The Balaban J connectivity index is 1.42. The Morgan fingerprint density at radius 3 is 2.29 bits per heavy atom. The zero-order valence-corrected chi connectivity index (χ0v) is 18.9. The molecule has 1 aliphatic heterocycles. The van der Waals surface area contributed by atoms with Crippen LogP contribution in [0.4, 0.5) is 5.69 Å². The number of nitrogens with one attached hydrogen (secondary N) is 1. The lowest BCUT2D eigenvalue weighted by atomic mass is 10.1. The molecule has 0 saturated carbocycles. The SMILES string of the molecule is CCc1ccccc1NC(=O)CN1CCN(C(=O)CN(C)Cc2ccccc2C)CC1. The molecule has 1 N–H and O–H groups in total. The predicted octanol–water partition coefficient (Wildman–Crippen LogP) is 2.77. The molecule has 1 heterocycles. The second-order valence-corrected chi connectivity index (χ2v) is 8.31. The lowest BCUT2D eigenvalue weighted by molar-refractivity contribution is -0.134. The average molecular weight is 423 g/mol. The van der Waals surface area contributed by atoms with Crippen molar-refractivity contribution in [2.45, 2.75) is 26.8 Å². The molecule has 2 aromatic rings. The number of nitrogens with zero attached hydrogens (tertiary/aromatic N) is 3. The van der Waals surface area contributed by atoms with Crippen molar-refractivity contribution in [3.05, 3.63) is 65.2 Å². The van der Waals surface area contributed by atoms with Crippen molar-refractivity contribution < 1.29 is 9.59 Å². The Kier molecular flexibility index (Phi) is 8.20. The largest absolute Gasteiger partial charge is 0.339 e. The van der Waals surface area contributed by atoms with Gasteiger partial charge in [0, 0.05) is 38.4 Å². The van der Waals surface area contributed by atoms with E-state index < -0.39 is 0 Å².